The molecule has 0 heterocycles. The van der Waals surface area contributed by atoms with E-state index in [-0.39, 0.29) is 5.41 Å². The molecule has 0 aromatic heterocycles. The van der Waals surface area contributed by atoms with E-state index >= 15 is 0 Å². The zero-order valence-electron chi connectivity index (χ0n) is 10.4. The zero-order chi connectivity index (χ0) is 12.9. The van der Waals surface area contributed by atoms with Crippen LogP contribution >= 0.6 is 12.6 Å². The minimum Gasteiger partial charge on any atom is -0.298 e. The molecule has 1 fully saturated rings. The number of nitrogens with zero attached hydrogens (tertiary/aromatic N) is 1. The van der Waals surface area contributed by atoms with Gasteiger partial charge in [0.15, 0.2) is 0 Å². The standard InChI is InChI=1S/C12H22F3NS/c1-16(9-12(13,14)15)8-11(10-17)6-4-2-3-5-7-11/h17H,2-10H2,1H3. The van der Waals surface area contributed by atoms with Gasteiger partial charge in [-0.25, -0.2) is 0 Å². The summed E-state index contributed by atoms with van der Waals surface area (Å²) in [5.41, 5.74) is -0.0143. The Morgan fingerprint density at radius 3 is 2.06 bits per heavy atom. The van der Waals surface area contributed by atoms with Crippen molar-refractivity contribution in [2.24, 2.45) is 5.41 Å². The van der Waals surface area contributed by atoms with E-state index < -0.39 is 12.7 Å². The van der Waals surface area contributed by atoms with Gasteiger partial charge in [-0.05, 0) is 31.1 Å². The van der Waals surface area contributed by atoms with Crippen molar-refractivity contribution in [2.45, 2.75) is 44.7 Å². The minimum atomic E-state index is -4.10. The summed E-state index contributed by atoms with van der Waals surface area (Å²) >= 11 is 4.38. The van der Waals surface area contributed by atoms with Gasteiger partial charge in [-0.1, -0.05) is 25.7 Å². The van der Waals surface area contributed by atoms with E-state index in [1.165, 1.54) is 17.7 Å². The summed E-state index contributed by atoms with van der Waals surface area (Å²) < 4.78 is 36.9. The van der Waals surface area contributed by atoms with Gasteiger partial charge in [-0.15, -0.1) is 0 Å². The number of alkyl halides is 3. The van der Waals surface area contributed by atoms with Gasteiger partial charge in [-0.2, -0.15) is 25.8 Å². The normalized spacial score (nSPS) is 21.5. The van der Waals surface area contributed by atoms with Crippen LogP contribution in [-0.2, 0) is 0 Å². The van der Waals surface area contributed by atoms with Crippen molar-refractivity contribution in [1.29, 1.82) is 0 Å². The number of hydrogen-bond acceptors (Lipinski definition) is 2. The minimum absolute atomic E-state index is 0.0143. The quantitative estimate of drug-likeness (QED) is 0.601. The Bertz CT molecular complexity index is 222. The second kappa shape index (κ2) is 6.32. The van der Waals surface area contributed by atoms with Crippen molar-refractivity contribution in [3.63, 3.8) is 0 Å². The van der Waals surface area contributed by atoms with Gasteiger partial charge in [0.1, 0.15) is 0 Å². The molecule has 0 N–H and O–H groups in total. The maximum absolute atomic E-state index is 12.3. The number of rotatable bonds is 4. The Hall–Kier alpha value is 0.100. The first-order chi connectivity index (χ1) is 7.87. The summed E-state index contributed by atoms with van der Waals surface area (Å²) in [4.78, 5) is 1.40. The summed E-state index contributed by atoms with van der Waals surface area (Å²) in [6.07, 6.45) is 2.59. The molecule has 0 amide bonds. The molecule has 1 nitrogen and oxygen atoms in total. The smallest absolute Gasteiger partial charge is 0.298 e. The lowest BCUT2D eigenvalue weighted by Gasteiger charge is -2.35. The maximum atomic E-state index is 12.3. The first kappa shape index (κ1) is 15.2. The van der Waals surface area contributed by atoms with Gasteiger partial charge in [0.2, 0.25) is 0 Å². The third-order valence-corrected chi connectivity index (χ3v) is 4.22. The van der Waals surface area contributed by atoms with E-state index in [1.807, 2.05) is 0 Å². The van der Waals surface area contributed by atoms with Gasteiger partial charge >= 0.3 is 6.18 Å². The fourth-order valence-corrected chi connectivity index (χ4v) is 3.20. The molecule has 1 aliphatic rings. The molecule has 0 saturated heterocycles. The van der Waals surface area contributed by atoms with Crippen molar-refractivity contribution in [3.8, 4) is 0 Å². The molecule has 1 aliphatic carbocycles. The Morgan fingerprint density at radius 1 is 1.12 bits per heavy atom. The van der Waals surface area contributed by atoms with E-state index in [0.29, 0.717) is 12.3 Å². The second-order valence-electron chi connectivity index (χ2n) is 5.36. The lowest BCUT2D eigenvalue weighted by Crippen LogP contribution is -2.41. The van der Waals surface area contributed by atoms with Crippen LogP contribution in [0.25, 0.3) is 0 Å². The van der Waals surface area contributed by atoms with Crippen LogP contribution in [0, 0.1) is 5.41 Å². The summed E-state index contributed by atoms with van der Waals surface area (Å²) in [5.74, 6) is 0.690. The molecule has 102 valence electrons. The lowest BCUT2D eigenvalue weighted by atomic mass is 9.82. The van der Waals surface area contributed by atoms with Crippen molar-refractivity contribution < 1.29 is 13.2 Å². The number of hydrogen-bond donors (Lipinski definition) is 1. The molecule has 0 aliphatic heterocycles. The molecule has 17 heavy (non-hydrogen) atoms. The molecular weight excluding hydrogens is 247 g/mol. The van der Waals surface area contributed by atoms with E-state index in [0.717, 1.165) is 25.7 Å². The van der Waals surface area contributed by atoms with Crippen LogP contribution in [0.1, 0.15) is 38.5 Å². The van der Waals surface area contributed by atoms with Gasteiger partial charge in [0, 0.05) is 6.54 Å². The third kappa shape index (κ3) is 5.51. The molecule has 0 bridgehead atoms. The maximum Gasteiger partial charge on any atom is 0.401 e. The SMILES string of the molecule is CN(CC(F)(F)F)CC1(CS)CCCCCC1. The van der Waals surface area contributed by atoms with Crippen LogP contribution in [0.4, 0.5) is 13.2 Å². The van der Waals surface area contributed by atoms with E-state index in [1.54, 1.807) is 7.05 Å². The highest BCUT2D eigenvalue weighted by molar-refractivity contribution is 7.80. The highest BCUT2D eigenvalue weighted by atomic mass is 32.1. The largest absolute Gasteiger partial charge is 0.401 e. The third-order valence-electron chi connectivity index (χ3n) is 3.55. The first-order valence-electron chi connectivity index (χ1n) is 6.23. The molecule has 1 saturated carbocycles. The Kier molecular flexibility index (Phi) is 5.64. The average Bonchev–Trinajstić information content (AvgIpc) is 2.41. The van der Waals surface area contributed by atoms with Gasteiger partial charge < -0.3 is 0 Å². The van der Waals surface area contributed by atoms with Crippen LogP contribution in [0.5, 0.6) is 0 Å². The molecule has 0 aromatic rings. The fraction of sp³-hybridized carbons (Fsp3) is 1.00. The molecule has 5 heteroatoms. The molecule has 0 spiro atoms. The molecule has 0 aromatic carbocycles. The van der Waals surface area contributed by atoms with Crippen LogP contribution in [-0.4, -0.2) is 37.0 Å². The first-order valence-corrected chi connectivity index (χ1v) is 6.86. The average molecular weight is 269 g/mol. The molecule has 1 rings (SSSR count). The van der Waals surface area contributed by atoms with Crippen LogP contribution < -0.4 is 0 Å². The fourth-order valence-electron chi connectivity index (χ4n) is 2.78. The molecule has 0 radical (unpaired) electrons. The van der Waals surface area contributed by atoms with Gasteiger partial charge in [0.25, 0.3) is 0 Å². The Labute approximate surface area is 107 Å². The van der Waals surface area contributed by atoms with Crippen molar-refractivity contribution in [1.82, 2.24) is 4.90 Å². The van der Waals surface area contributed by atoms with E-state index in [9.17, 15) is 13.2 Å². The van der Waals surface area contributed by atoms with Crippen LogP contribution in [0.15, 0.2) is 0 Å². The van der Waals surface area contributed by atoms with E-state index in [4.69, 9.17) is 0 Å². The highest BCUT2D eigenvalue weighted by Gasteiger charge is 2.35. The summed E-state index contributed by atoms with van der Waals surface area (Å²) in [5, 5.41) is 0. The highest BCUT2D eigenvalue weighted by Crippen LogP contribution is 2.37. The van der Waals surface area contributed by atoms with Crippen LogP contribution in [0.2, 0.25) is 0 Å². The summed E-state index contributed by atoms with van der Waals surface area (Å²) in [7, 11) is 1.56. The van der Waals surface area contributed by atoms with Crippen molar-refractivity contribution >= 4 is 12.6 Å². The van der Waals surface area contributed by atoms with Gasteiger partial charge in [-0.3, -0.25) is 4.90 Å². The van der Waals surface area contributed by atoms with Crippen LogP contribution in [0.3, 0.4) is 0 Å². The zero-order valence-corrected chi connectivity index (χ0v) is 11.3. The van der Waals surface area contributed by atoms with Crippen molar-refractivity contribution in [2.75, 3.05) is 25.9 Å². The molecule has 0 unspecified atom stereocenters. The summed E-state index contributed by atoms with van der Waals surface area (Å²) in [6.45, 7) is -0.307. The predicted octanol–water partition coefficient (Wildman–Crippen LogP) is 3.75. The predicted molar refractivity (Wildman–Crippen MR) is 67.5 cm³/mol. The summed E-state index contributed by atoms with van der Waals surface area (Å²) in [6, 6.07) is 0. The van der Waals surface area contributed by atoms with E-state index in [2.05, 4.69) is 12.6 Å². The monoisotopic (exact) mass is 269 g/mol. The molecule has 0 atom stereocenters. The number of halogens is 3. The molecular formula is C12H22F3NS. The lowest BCUT2D eigenvalue weighted by molar-refractivity contribution is -0.145. The Morgan fingerprint density at radius 2 is 1.65 bits per heavy atom. The van der Waals surface area contributed by atoms with Crippen molar-refractivity contribution in [3.05, 3.63) is 0 Å². The Balaban J connectivity index is 2.54. The topological polar surface area (TPSA) is 3.24 Å². The van der Waals surface area contributed by atoms with Gasteiger partial charge in [0.05, 0.1) is 6.54 Å². The number of thiol groups is 1. The second-order valence-corrected chi connectivity index (χ2v) is 5.68.